The maximum atomic E-state index is 12.9. The monoisotopic (exact) mass is 366 g/mol. The number of pyridine rings is 1. The van der Waals surface area contributed by atoms with Gasteiger partial charge in [-0.1, -0.05) is 6.07 Å². The summed E-state index contributed by atoms with van der Waals surface area (Å²) in [7, 11) is 1.72. The number of carbonyl (C=O) groups is 1. The van der Waals surface area contributed by atoms with Gasteiger partial charge in [0.1, 0.15) is 11.2 Å². The van der Waals surface area contributed by atoms with Gasteiger partial charge in [-0.15, -0.1) is 0 Å². The summed E-state index contributed by atoms with van der Waals surface area (Å²) in [6, 6.07) is 7.20. The quantitative estimate of drug-likeness (QED) is 0.722. The predicted molar refractivity (Wildman–Crippen MR) is 101 cm³/mol. The van der Waals surface area contributed by atoms with Crippen LogP contribution in [0.15, 0.2) is 41.5 Å². The normalized spacial score (nSPS) is 15.1. The number of carbonyl (C=O) groups excluding carboxylic acids is 1. The second-order valence-corrected chi connectivity index (χ2v) is 6.88. The first-order chi connectivity index (χ1) is 13.1. The van der Waals surface area contributed by atoms with Gasteiger partial charge >= 0.3 is 0 Å². The molecule has 1 amide bonds. The number of aromatic nitrogens is 4. The number of rotatable bonds is 4. The summed E-state index contributed by atoms with van der Waals surface area (Å²) in [6.45, 7) is 2.22. The molecule has 4 rings (SSSR count). The highest BCUT2D eigenvalue weighted by Gasteiger charge is 2.23. The number of hydrogen-bond donors (Lipinski definition) is 2. The highest BCUT2D eigenvalue weighted by Crippen LogP contribution is 2.25. The molecule has 0 saturated carbocycles. The van der Waals surface area contributed by atoms with Crippen LogP contribution in [0.25, 0.3) is 5.65 Å². The predicted octanol–water partition coefficient (Wildman–Crippen LogP) is 1.16. The van der Waals surface area contributed by atoms with Gasteiger partial charge in [0.25, 0.3) is 11.5 Å². The molecule has 8 nitrogen and oxygen atoms in total. The summed E-state index contributed by atoms with van der Waals surface area (Å²) in [6.07, 6.45) is 5.13. The molecule has 2 N–H and O–H groups in total. The molecule has 1 fully saturated rings. The molecule has 0 atom stereocenters. The van der Waals surface area contributed by atoms with Crippen molar-refractivity contribution in [2.75, 3.05) is 20.1 Å². The van der Waals surface area contributed by atoms with Gasteiger partial charge in [-0.3, -0.25) is 14.6 Å². The van der Waals surface area contributed by atoms with Gasteiger partial charge in [0, 0.05) is 25.2 Å². The molecule has 27 heavy (non-hydrogen) atoms. The first-order valence-electron chi connectivity index (χ1n) is 9.10. The lowest BCUT2D eigenvalue weighted by atomic mass is 9.94. The van der Waals surface area contributed by atoms with Crippen LogP contribution in [0, 0.1) is 0 Å². The van der Waals surface area contributed by atoms with Crippen molar-refractivity contribution < 1.29 is 4.79 Å². The lowest BCUT2D eigenvalue weighted by Crippen LogP contribution is -2.29. The zero-order valence-electron chi connectivity index (χ0n) is 15.2. The van der Waals surface area contributed by atoms with E-state index in [1.807, 2.05) is 18.2 Å². The van der Waals surface area contributed by atoms with Gasteiger partial charge in [0.05, 0.1) is 24.1 Å². The van der Waals surface area contributed by atoms with Gasteiger partial charge in [-0.25, -0.2) is 4.52 Å². The number of fused-ring (bicyclic) bond motifs is 1. The van der Waals surface area contributed by atoms with Crippen molar-refractivity contribution >= 4 is 11.6 Å². The molecular formula is C19H22N6O2. The van der Waals surface area contributed by atoms with Crippen LogP contribution in [0.4, 0.5) is 0 Å². The lowest BCUT2D eigenvalue weighted by Gasteiger charge is -2.23. The third-order valence-electron chi connectivity index (χ3n) is 4.99. The van der Waals surface area contributed by atoms with E-state index in [9.17, 15) is 9.59 Å². The van der Waals surface area contributed by atoms with E-state index in [2.05, 4.69) is 20.4 Å². The average molecular weight is 366 g/mol. The Morgan fingerprint density at radius 2 is 2.15 bits per heavy atom. The highest BCUT2D eigenvalue weighted by atomic mass is 16.2. The van der Waals surface area contributed by atoms with E-state index in [-0.39, 0.29) is 17.4 Å². The van der Waals surface area contributed by atoms with Gasteiger partial charge in [-0.2, -0.15) is 5.10 Å². The molecule has 1 aliphatic heterocycles. The molecule has 1 saturated heterocycles. The first-order valence-corrected chi connectivity index (χ1v) is 9.10. The second kappa shape index (κ2) is 7.32. The zero-order valence-corrected chi connectivity index (χ0v) is 15.2. The fourth-order valence-electron chi connectivity index (χ4n) is 3.59. The van der Waals surface area contributed by atoms with Gasteiger partial charge < -0.3 is 15.2 Å². The lowest BCUT2D eigenvalue weighted by molar-refractivity contribution is 0.0785. The van der Waals surface area contributed by atoms with Crippen LogP contribution in [0.5, 0.6) is 0 Å². The Morgan fingerprint density at radius 3 is 2.89 bits per heavy atom. The van der Waals surface area contributed by atoms with E-state index in [1.165, 1.54) is 6.20 Å². The maximum absolute atomic E-state index is 12.9. The number of amides is 1. The third-order valence-corrected chi connectivity index (χ3v) is 4.99. The van der Waals surface area contributed by atoms with Crippen molar-refractivity contribution in [2.24, 2.45) is 0 Å². The molecule has 8 heteroatoms. The molecule has 0 radical (unpaired) electrons. The molecule has 3 aromatic rings. The summed E-state index contributed by atoms with van der Waals surface area (Å²) >= 11 is 0. The van der Waals surface area contributed by atoms with Gasteiger partial charge in [-0.05, 0) is 38.1 Å². The average Bonchev–Trinajstić information content (AvgIpc) is 3.11. The first kappa shape index (κ1) is 17.4. The van der Waals surface area contributed by atoms with Crippen LogP contribution in [0.3, 0.4) is 0 Å². The maximum Gasteiger partial charge on any atom is 0.259 e. The van der Waals surface area contributed by atoms with Crippen molar-refractivity contribution in [3.8, 4) is 0 Å². The smallest absolute Gasteiger partial charge is 0.259 e. The fourth-order valence-corrected chi connectivity index (χ4v) is 3.59. The van der Waals surface area contributed by atoms with Crippen molar-refractivity contribution in [3.63, 3.8) is 0 Å². The highest BCUT2D eigenvalue weighted by molar-refractivity contribution is 5.99. The molecular weight excluding hydrogens is 344 g/mol. The van der Waals surface area contributed by atoms with E-state index in [0.29, 0.717) is 17.8 Å². The van der Waals surface area contributed by atoms with Crippen LogP contribution in [-0.2, 0) is 6.54 Å². The van der Waals surface area contributed by atoms with Crippen LogP contribution in [0.1, 0.15) is 40.5 Å². The van der Waals surface area contributed by atoms with Crippen LogP contribution in [0.2, 0.25) is 0 Å². The van der Waals surface area contributed by atoms with Crippen LogP contribution < -0.4 is 10.9 Å². The Balaban J connectivity index is 1.67. The van der Waals surface area contributed by atoms with Crippen molar-refractivity contribution in [3.05, 3.63) is 64.0 Å². The number of nitrogens with one attached hydrogen (secondary N) is 2. The van der Waals surface area contributed by atoms with Gasteiger partial charge in [0.15, 0.2) is 0 Å². The second-order valence-electron chi connectivity index (χ2n) is 6.88. The molecule has 140 valence electrons. The molecule has 0 bridgehead atoms. The van der Waals surface area contributed by atoms with Crippen molar-refractivity contribution in [2.45, 2.75) is 25.3 Å². The summed E-state index contributed by atoms with van der Waals surface area (Å²) < 4.78 is 1.71. The molecule has 3 aromatic heterocycles. The van der Waals surface area contributed by atoms with E-state index >= 15 is 0 Å². The van der Waals surface area contributed by atoms with E-state index < -0.39 is 0 Å². The molecule has 0 aromatic carbocycles. The number of aromatic amines is 1. The van der Waals surface area contributed by atoms with Crippen molar-refractivity contribution in [1.82, 2.24) is 29.8 Å². The standard InChI is InChI=1S/C19H22N6O2/c1-24(12-14-4-2-3-7-21-14)19(27)15-11-22-25-16(10-17(26)23-18(15)25)13-5-8-20-9-6-13/h2-4,7,10-11,13,20H,5-6,8-9,12H2,1H3,(H,23,26). The fraction of sp³-hybridized carbons (Fsp3) is 0.368. The minimum Gasteiger partial charge on any atom is -0.336 e. The summed E-state index contributed by atoms with van der Waals surface area (Å²) in [5, 5.41) is 7.73. The number of piperidine rings is 1. The largest absolute Gasteiger partial charge is 0.336 e. The molecule has 1 aliphatic rings. The minimum absolute atomic E-state index is 0.200. The Morgan fingerprint density at radius 1 is 1.33 bits per heavy atom. The van der Waals surface area contributed by atoms with E-state index in [0.717, 1.165) is 37.3 Å². The number of hydrogen-bond acceptors (Lipinski definition) is 5. The van der Waals surface area contributed by atoms with Crippen LogP contribution >= 0.6 is 0 Å². The molecule has 0 unspecified atom stereocenters. The topological polar surface area (TPSA) is 95.4 Å². The minimum atomic E-state index is -0.210. The molecule has 0 spiro atoms. The van der Waals surface area contributed by atoms with Crippen LogP contribution in [-0.4, -0.2) is 50.5 Å². The van der Waals surface area contributed by atoms with Crippen molar-refractivity contribution in [1.29, 1.82) is 0 Å². The van der Waals surface area contributed by atoms with Gasteiger partial charge in [0.2, 0.25) is 0 Å². The number of nitrogens with zero attached hydrogens (tertiary/aromatic N) is 4. The SMILES string of the molecule is CN(Cc1ccccn1)C(=O)c1cnn2c(C3CCNCC3)cc(=O)[nH]c12. The van der Waals surface area contributed by atoms with E-state index in [1.54, 1.807) is 28.7 Å². The van der Waals surface area contributed by atoms with E-state index in [4.69, 9.17) is 0 Å². The molecule has 0 aliphatic carbocycles. The zero-order chi connectivity index (χ0) is 18.8. The summed E-state index contributed by atoms with van der Waals surface area (Å²) in [5.74, 6) is 0.0546. The Bertz CT molecular complexity index is 1000. The summed E-state index contributed by atoms with van der Waals surface area (Å²) in [5.41, 5.74) is 2.29. The Kier molecular flexibility index (Phi) is 4.72. The number of H-pyrrole nitrogens is 1. The Labute approximate surface area is 156 Å². The summed E-state index contributed by atoms with van der Waals surface area (Å²) in [4.78, 5) is 33.8. The molecule has 4 heterocycles. The Hall–Kier alpha value is -3.00. The third kappa shape index (κ3) is 3.48.